The standard InChI is InChI=1S/C30H30F3NO4/c31-25-10-8-19(14-21(25)15-30(35)34-13-12-24-26(32)6-3-7-27(24)33)23-5-2-1-4-20(23)17-36-22-9-11-28-29(16-22)38-18-37-28/h3,6-11,14,16,20,23H,1-2,4-5,12-13,15,17-18H2,(H,34,35)/t20-,23-/m0/s1. The highest BCUT2D eigenvalue weighted by atomic mass is 19.1. The maximum atomic E-state index is 14.6. The zero-order chi connectivity index (χ0) is 26.5. The summed E-state index contributed by atoms with van der Waals surface area (Å²) >= 11 is 0. The van der Waals surface area contributed by atoms with Crippen molar-refractivity contribution in [3.63, 3.8) is 0 Å². The van der Waals surface area contributed by atoms with Crippen molar-refractivity contribution in [1.82, 2.24) is 5.32 Å². The number of carbonyl (C=O) groups is 1. The molecule has 1 aliphatic heterocycles. The van der Waals surface area contributed by atoms with Crippen molar-refractivity contribution in [2.24, 2.45) is 5.92 Å². The van der Waals surface area contributed by atoms with Gasteiger partial charge >= 0.3 is 0 Å². The summed E-state index contributed by atoms with van der Waals surface area (Å²) in [5.41, 5.74) is 1.21. The first-order valence-corrected chi connectivity index (χ1v) is 13.0. The number of hydrogen-bond acceptors (Lipinski definition) is 4. The number of amides is 1. The SMILES string of the molecule is O=C(Cc1cc([C@@H]2CCCC[C@H]2COc2ccc3c(c2)OCO3)ccc1F)NCCc1c(F)cccc1F. The van der Waals surface area contributed by atoms with Gasteiger partial charge in [-0.3, -0.25) is 4.79 Å². The van der Waals surface area contributed by atoms with E-state index in [2.05, 4.69) is 5.32 Å². The number of benzene rings is 3. The predicted molar refractivity (Wildman–Crippen MR) is 136 cm³/mol. The molecule has 1 saturated carbocycles. The van der Waals surface area contributed by atoms with Gasteiger partial charge in [0.2, 0.25) is 12.7 Å². The zero-order valence-corrected chi connectivity index (χ0v) is 21.0. The van der Waals surface area contributed by atoms with Gasteiger partial charge in [-0.05, 0) is 72.6 Å². The van der Waals surface area contributed by atoms with Crippen LogP contribution in [-0.4, -0.2) is 25.9 Å². The van der Waals surface area contributed by atoms with E-state index in [0.717, 1.165) is 31.2 Å². The molecule has 200 valence electrons. The fourth-order valence-corrected chi connectivity index (χ4v) is 5.31. The average Bonchev–Trinajstić information content (AvgIpc) is 3.39. The molecule has 1 fully saturated rings. The largest absolute Gasteiger partial charge is 0.493 e. The molecule has 5 nitrogen and oxygen atoms in total. The third-order valence-corrected chi connectivity index (χ3v) is 7.32. The molecule has 5 rings (SSSR count). The van der Waals surface area contributed by atoms with Gasteiger partial charge in [-0.2, -0.15) is 0 Å². The minimum atomic E-state index is -0.650. The molecule has 0 radical (unpaired) electrons. The highest BCUT2D eigenvalue weighted by Crippen LogP contribution is 2.40. The molecule has 0 aromatic heterocycles. The maximum absolute atomic E-state index is 14.6. The van der Waals surface area contributed by atoms with Crippen LogP contribution in [0.15, 0.2) is 54.6 Å². The van der Waals surface area contributed by atoms with Crippen LogP contribution in [-0.2, 0) is 17.6 Å². The second-order valence-corrected chi connectivity index (χ2v) is 9.80. The number of hydrogen-bond donors (Lipinski definition) is 1. The number of rotatable bonds is 9. The Morgan fingerprint density at radius 1 is 0.921 bits per heavy atom. The summed E-state index contributed by atoms with van der Waals surface area (Å²) in [6, 6.07) is 14.2. The number of fused-ring (bicyclic) bond motifs is 1. The maximum Gasteiger partial charge on any atom is 0.231 e. The van der Waals surface area contributed by atoms with Crippen LogP contribution in [0.25, 0.3) is 0 Å². The van der Waals surface area contributed by atoms with Gasteiger partial charge in [0.15, 0.2) is 11.5 Å². The Labute approximate surface area is 219 Å². The second-order valence-electron chi connectivity index (χ2n) is 9.80. The summed E-state index contributed by atoms with van der Waals surface area (Å²) in [6.45, 7) is 0.780. The number of ether oxygens (including phenoxy) is 3. The van der Waals surface area contributed by atoms with Gasteiger partial charge in [0.05, 0.1) is 13.0 Å². The molecular weight excluding hydrogens is 495 g/mol. The Balaban J connectivity index is 1.20. The molecule has 3 aromatic carbocycles. The number of nitrogens with one attached hydrogen (secondary N) is 1. The van der Waals surface area contributed by atoms with Crippen LogP contribution in [0.4, 0.5) is 13.2 Å². The van der Waals surface area contributed by atoms with Gasteiger partial charge in [-0.15, -0.1) is 0 Å². The van der Waals surface area contributed by atoms with Crippen molar-refractivity contribution in [3.05, 3.63) is 88.7 Å². The normalized spacial score (nSPS) is 18.3. The van der Waals surface area contributed by atoms with E-state index in [1.54, 1.807) is 12.1 Å². The monoisotopic (exact) mass is 525 g/mol. The van der Waals surface area contributed by atoms with Crippen LogP contribution in [0.2, 0.25) is 0 Å². The molecule has 2 aliphatic rings. The van der Waals surface area contributed by atoms with Crippen LogP contribution in [0.5, 0.6) is 17.2 Å². The van der Waals surface area contributed by atoms with E-state index < -0.39 is 23.4 Å². The highest BCUT2D eigenvalue weighted by Gasteiger charge is 2.28. The fourth-order valence-electron chi connectivity index (χ4n) is 5.31. The van der Waals surface area contributed by atoms with Crippen molar-refractivity contribution >= 4 is 5.91 Å². The Bertz CT molecular complexity index is 1280. The molecule has 3 aromatic rings. The van der Waals surface area contributed by atoms with Gasteiger partial charge in [-0.1, -0.05) is 31.0 Å². The molecule has 1 heterocycles. The molecule has 2 atom stereocenters. The number of carbonyl (C=O) groups excluding carboxylic acids is 1. The lowest BCUT2D eigenvalue weighted by atomic mass is 9.75. The predicted octanol–water partition coefficient (Wildman–Crippen LogP) is 6.09. The summed E-state index contributed by atoms with van der Waals surface area (Å²) < 4.78 is 59.2. The molecule has 0 saturated heterocycles. The zero-order valence-electron chi connectivity index (χ0n) is 21.0. The summed E-state index contributed by atoms with van der Waals surface area (Å²) in [7, 11) is 0. The van der Waals surface area contributed by atoms with Crippen molar-refractivity contribution in [1.29, 1.82) is 0 Å². The Morgan fingerprint density at radius 2 is 1.71 bits per heavy atom. The van der Waals surface area contributed by atoms with E-state index in [4.69, 9.17) is 14.2 Å². The lowest BCUT2D eigenvalue weighted by Gasteiger charge is -2.32. The van der Waals surface area contributed by atoms with Gasteiger partial charge in [0.1, 0.15) is 23.2 Å². The van der Waals surface area contributed by atoms with Crippen LogP contribution < -0.4 is 19.5 Å². The summed E-state index contributed by atoms with van der Waals surface area (Å²) in [6.07, 6.45) is 4.00. The van der Waals surface area contributed by atoms with Gasteiger partial charge in [0.25, 0.3) is 0 Å². The van der Waals surface area contributed by atoms with E-state index in [9.17, 15) is 18.0 Å². The molecule has 0 spiro atoms. The Morgan fingerprint density at radius 3 is 2.55 bits per heavy atom. The minimum Gasteiger partial charge on any atom is -0.493 e. The summed E-state index contributed by atoms with van der Waals surface area (Å²) in [4.78, 5) is 12.5. The smallest absolute Gasteiger partial charge is 0.231 e. The average molecular weight is 526 g/mol. The van der Waals surface area contributed by atoms with Crippen LogP contribution in [0.1, 0.15) is 48.3 Å². The Kier molecular flexibility index (Phi) is 8.05. The lowest BCUT2D eigenvalue weighted by molar-refractivity contribution is -0.120. The Hall–Kier alpha value is -3.68. The van der Waals surface area contributed by atoms with Crippen LogP contribution in [0.3, 0.4) is 0 Å². The van der Waals surface area contributed by atoms with Gasteiger partial charge in [0, 0.05) is 18.2 Å². The molecule has 8 heteroatoms. The molecule has 1 aliphatic carbocycles. The van der Waals surface area contributed by atoms with Gasteiger partial charge < -0.3 is 19.5 Å². The van der Waals surface area contributed by atoms with Crippen molar-refractivity contribution in [2.75, 3.05) is 19.9 Å². The number of halogens is 3. The third kappa shape index (κ3) is 6.06. The topological polar surface area (TPSA) is 56.8 Å². The fraction of sp³-hybridized carbons (Fsp3) is 0.367. The van der Waals surface area contributed by atoms with E-state index >= 15 is 0 Å². The van der Waals surface area contributed by atoms with Gasteiger partial charge in [-0.25, -0.2) is 13.2 Å². The summed E-state index contributed by atoms with van der Waals surface area (Å²) in [5, 5.41) is 2.65. The van der Waals surface area contributed by atoms with Crippen molar-refractivity contribution in [2.45, 2.75) is 44.4 Å². The highest BCUT2D eigenvalue weighted by molar-refractivity contribution is 5.78. The first-order valence-electron chi connectivity index (χ1n) is 13.0. The molecule has 38 heavy (non-hydrogen) atoms. The molecule has 0 bridgehead atoms. The van der Waals surface area contributed by atoms with Crippen molar-refractivity contribution < 1.29 is 32.2 Å². The van der Waals surface area contributed by atoms with E-state index in [-0.39, 0.29) is 43.6 Å². The molecule has 1 amide bonds. The van der Waals surface area contributed by atoms with E-state index in [1.807, 2.05) is 18.2 Å². The first kappa shape index (κ1) is 25.9. The third-order valence-electron chi connectivity index (χ3n) is 7.32. The van der Waals surface area contributed by atoms with Crippen LogP contribution >= 0.6 is 0 Å². The van der Waals surface area contributed by atoms with E-state index in [1.165, 1.54) is 24.3 Å². The van der Waals surface area contributed by atoms with Crippen molar-refractivity contribution in [3.8, 4) is 17.2 Å². The minimum absolute atomic E-state index is 0.0138. The van der Waals surface area contributed by atoms with Crippen LogP contribution in [0, 0.1) is 23.4 Å². The molecular formula is C30H30F3NO4. The molecule has 0 unspecified atom stereocenters. The summed E-state index contributed by atoms with van der Waals surface area (Å²) in [5.74, 6) is 0.368. The quantitative estimate of drug-likeness (QED) is 0.368. The second kappa shape index (κ2) is 11.8. The first-order chi connectivity index (χ1) is 18.5. The van der Waals surface area contributed by atoms with E-state index in [0.29, 0.717) is 29.4 Å². The molecule has 1 N–H and O–H groups in total. The lowest BCUT2D eigenvalue weighted by Crippen LogP contribution is -2.28.